The Labute approximate surface area is 208 Å². The zero-order valence-electron chi connectivity index (χ0n) is 19.1. The van der Waals surface area contributed by atoms with Gasteiger partial charge in [-0.25, -0.2) is 14.8 Å². The van der Waals surface area contributed by atoms with Crippen molar-refractivity contribution in [2.45, 2.75) is 26.8 Å². The number of nitrogens with zero attached hydrogens (tertiary/aromatic N) is 3. The van der Waals surface area contributed by atoms with Crippen molar-refractivity contribution >= 4 is 45.5 Å². The zero-order chi connectivity index (χ0) is 25.4. The summed E-state index contributed by atoms with van der Waals surface area (Å²) in [6.07, 6.45) is 1.43. The molecule has 180 valence electrons. The molecule has 4 rings (SSSR count). The zero-order valence-corrected chi connectivity index (χ0v) is 20.7. The Morgan fingerprint density at radius 1 is 1.09 bits per heavy atom. The summed E-state index contributed by atoms with van der Waals surface area (Å²) in [4.78, 5) is 49.7. The second-order valence-corrected chi connectivity index (χ2v) is 9.89. The van der Waals surface area contributed by atoms with Gasteiger partial charge in [0, 0.05) is 0 Å². The summed E-state index contributed by atoms with van der Waals surface area (Å²) < 4.78 is 5.10. The standard InChI is InChI=1S/C24H21N3O6S2/c1-5-10-33-23(32)21-12(3)26-24(35-21)27-17(14-6-8-15(28)9-7-14)16(19(30)22(27)31)18(29)20-11(2)25-13(4)34-20/h5-9,17,28,30H,1,10H2,2-4H3. The highest BCUT2D eigenvalue weighted by molar-refractivity contribution is 7.17. The SMILES string of the molecule is C=CCOC(=O)c1sc(N2C(=O)C(O)=C(C(=O)c3sc(C)nc3C)C2c2ccc(O)cc2)nc1C. The number of phenolic OH excluding ortho intramolecular Hbond substituents is 1. The predicted octanol–water partition coefficient (Wildman–Crippen LogP) is 4.36. The molecule has 1 unspecified atom stereocenters. The van der Waals surface area contributed by atoms with Gasteiger partial charge in [0.1, 0.15) is 17.2 Å². The fraction of sp³-hybridized carbons (Fsp3) is 0.208. The number of Topliss-reactive ketones (excluding diaryl/α,β-unsaturated/α-hetero) is 1. The number of aliphatic hydroxyl groups excluding tert-OH is 1. The molecule has 3 heterocycles. The van der Waals surface area contributed by atoms with E-state index < -0.39 is 29.5 Å². The molecular formula is C24H21N3O6S2. The Morgan fingerprint density at radius 2 is 1.74 bits per heavy atom. The van der Waals surface area contributed by atoms with Crippen LogP contribution in [0.15, 0.2) is 48.3 Å². The molecule has 1 atom stereocenters. The number of carbonyl (C=O) groups excluding carboxylic acids is 3. The van der Waals surface area contributed by atoms with Crippen molar-refractivity contribution in [1.29, 1.82) is 0 Å². The van der Waals surface area contributed by atoms with Crippen molar-refractivity contribution in [3.63, 3.8) is 0 Å². The molecule has 0 fully saturated rings. The summed E-state index contributed by atoms with van der Waals surface area (Å²) in [5, 5.41) is 21.4. The topological polar surface area (TPSA) is 130 Å². The van der Waals surface area contributed by atoms with Gasteiger partial charge < -0.3 is 14.9 Å². The lowest BCUT2D eigenvalue weighted by atomic mass is 9.95. The maximum absolute atomic E-state index is 13.6. The van der Waals surface area contributed by atoms with E-state index in [-0.39, 0.29) is 27.9 Å². The number of hydrogen-bond acceptors (Lipinski definition) is 10. The van der Waals surface area contributed by atoms with Crippen molar-refractivity contribution < 1.29 is 29.3 Å². The quantitative estimate of drug-likeness (QED) is 0.272. The minimum absolute atomic E-state index is 0.00280. The van der Waals surface area contributed by atoms with Gasteiger partial charge in [-0.05, 0) is 38.5 Å². The van der Waals surface area contributed by atoms with Crippen molar-refractivity contribution in [2.24, 2.45) is 0 Å². The van der Waals surface area contributed by atoms with Gasteiger partial charge in [0.2, 0.25) is 5.78 Å². The first-order chi connectivity index (χ1) is 16.6. The normalized spacial score (nSPS) is 15.6. The van der Waals surface area contributed by atoms with Crippen molar-refractivity contribution in [3.05, 3.63) is 80.0 Å². The van der Waals surface area contributed by atoms with Gasteiger partial charge in [-0.15, -0.1) is 11.3 Å². The number of aliphatic hydroxyl groups is 1. The number of phenols is 1. The molecule has 2 N–H and O–H groups in total. The van der Waals surface area contributed by atoms with Crippen LogP contribution >= 0.6 is 22.7 Å². The lowest BCUT2D eigenvalue weighted by molar-refractivity contribution is -0.117. The minimum Gasteiger partial charge on any atom is -0.508 e. The first kappa shape index (κ1) is 24.3. The average Bonchev–Trinajstić information content (AvgIpc) is 3.45. The lowest BCUT2D eigenvalue weighted by Gasteiger charge is -2.24. The van der Waals surface area contributed by atoms with Crippen LogP contribution in [0.2, 0.25) is 0 Å². The monoisotopic (exact) mass is 511 g/mol. The number of anilines is 1. The van der Waals surface area contributed by atoms with Crippen LogP contribution in [0.1, 0.15) is 47.3 Å². The summed E-state index contributed by atoms with van der Waals surface area (Å²) in [5.74, 6) is -2.69. The van der Waals surface area contributed by atoms with Crippen LogP contribution < -0.4 is 4.90 Å². The Bertz CT molecular complexity index is 1390. The van der Waals surface area contributed by atoms with E-state index in [2.05, 4.69) is 16.5 Å². The van der Waals surface area contributed by atoms with E-state index in [1.807, 2.05) is 0 Å². The van der Waals surface area contributed by atoms with Gasteiger partial charge in [0.15, 0.2) is 10.9 Å². The third-order valence-corrected chi connectivity index (χ3v) is 7.49. The molecule has 1 aromatic carbocycles. The van der Waals surface area contributed by atoms with Gasteiger partial charge in [0.25, 0.3) is 5.91 Å². The maximum atomic E-state index is 13.6. The predicted molar refractivity (Wildman–Crippen MR) is 131 cm³/mol. The number of hydrogen-bond donors (Lipinski definition) is 2. The van der Waals surface area contributed by atoms with E-state index in [0.717, 1.165) is 11.3 Å². The molecular weight excluding hydrogens is 490 g/mol. The molecule has 3 aromatic rings. The molecule has 2 aromatic heterocycles. The number of aromatic nitrogens is 2. The smallest absolute Gasteiger partial charge is 0.350 e. The first-order valence-electron chi connectivity index (χ1n) is 10.4. The molecule has 1 aliphatic rings. The van der Waals surface area contributed by atoms with Crippen molar-refractivity contribution in [1.82, 2.24) is 9.97 Å². The second kappa shape index (κ2) is 9.43. The van der Waals surface area contributed by atoms with E-state index in [9.17, 15) is 24.6 Å². The number of aryl methyl sites for hydroxylation is 3. The molecule has 0 aliphatic carbocycles. The summed E-state index contributed by atoms with van der Waals surface area (Å²) >= 11 is 2.09. The van der Waals surface area contributed by atoms with Gasteiger partial charge in [-0.3, -0.25) is 14.5 Å². The van der Waals surface area contributed by atoms with E-state index in [1.54, 1.807) is 32.9 Å². The molecule has 1 aliphatic heterocycles. The first-order valence-corrected chi connectivity index (χ1v) is 12.1. The van der Waals surface area contributed by atoms with Crippen LogP contribution in [0.3, 0.4) is 0 Å². The number of aromatic hydroxyl groups is 1. The molecule has 35 heavy (non-hydrogen) atoms. The molecule has 9 nitrogen and oxygen atoms in total. The van der Waals surface area contributed by atoms with Crippen LogP contribution in [0.5, 0.6) is 5.75 Å². The summed E-state index contributed by atoms with van der Waals surface area (Å²) in [5.41, 5.74) is 1.16. The van der Waals surface area contributed by atoms with E-state index in [4.69, 9.17) is 4.74 Å². The van der Waals surface area contributed by atoms with Gasteiger partial charge in [-0.1, -0.05) is 36.1 Å². The van der Waals surface area contributed by atoms with Gasteiger partial charge in [-0.2, -0.15) is 0 Å². The van der Waals surface area contributed by atoms with Gasteiger partial charge in [0.05, 0.1) is 32.9 Å². The summed E-state index contributed by atoms with van der Waals surface area (Å²) in [6, 6.07) is 4.90. The number of thiazole rings is 2. The Morgan fingerprint density at radius 3 is 2.34 bits per heavy atom. The Hall–Kier alpha value is -3.83. The number of ketones is 1. The molecule has 0 saturated heterocycles. The molecule has 0 spiro atoms. The fourth-order valence-corrected chi connectivity index (χ4v) is 5.61. The largest absolute Gasteiger partial charge is 0.508 e. The lowest BCUT2D eigenvalue weighted by Crippen LogP contribution is -2.31. The summed E-state index contributed by atoms with van der Waals surface area (Å²) in [6.45, 7) is 8.57. The number of amides is 1. The third-order valence-electron chi connectivity index (χ3n) is 5.28. The highest BCUT2D eigenvalue weighted by atomic mass is 32.1. The van der Waals surface area contributed by atoms with Crippen LogP contribution in [0, 0.1) is 20.8 Å². The fourth-order valence-electron chi connectivity index (χ4n) is 3.75. The highest BCUT2D eigenvalue weighted by Gasteiger charge is 2.46. The highest BCUT2D eigenvalue weighted by Crippen LogP contribution is 2.44. The molecule has 0 radical (unpaired) electrons. The third kappa shape index (κ3) is 4.35. The molecule has 0 saturated carbocycles. The minimum atomic E-state index is -1.04. The molecule has 1 amide bonds. The van der Waals surface area contributed by atoms with Crippen LogP contribution in [-0.4, -0.2) is 44.4 Å². The average molecular weight is 512 g/mol. The number of esters is 1. The van der Waals surface area contributed by atoms with E-state index in [0.29, 0.717) is 26.8 Å². The molecule has 0 bridgehead atoms. The Balaban J connectivity index is 1.84. The van der Waals surface area contributed by atoms with E-state index >= 15 is 0 Å². The molecule has 11 heteroatoms. The maximum Gasteiger partial charge on any atom is 0.350 e. The van der Waals surface area contributed by atoms with Crippen LogP contribution in [-0.2, 0) is 9.53 Å². The van der Waals surface area contributed by atoms with Crippen LogP contribution in [0.25, 0.3) is 0 Å². The number of ether oxygens (including phenoxy) is 1. The number of carbonyl (C=O) groups is 3. The second-order valence-electron chi connectivity index (χ2n) is 7.71. The Kier molecular flexibility index (Phi) is 6.55. The van der Waals surface area contributed by atoms with Crippen LogP contribution in [0.4, 0.5) is 5.13 Å². The van der Waals surface area contributed by atoms with Gasteiger partial charge >= 0.3 is 5.97 Å². The van der Waals surface area contributed by atoms with E-state index in [1.165, 1.54) is 34.4 Å². The van der Waals surface area contributed by atoms with Crippen molar-refractivity contribution in [2.75, 3.05) is 11.5 Å². The number of benzene rings is 1. The summed E-state index contributed by atoms with van der Waals surface area (Å²) in [7, 11) is 0. The van der Waals surface area contributed by atoms with Crippen molar-refractivity contribution in [3.8, 4) is 5.75 Å². The number of rotatable bonds is 7.